The van der Waals surface area contributed by atoms with Crippen molar-refractivity contribution in [2.75, 3.05) is 6.54 Å². The molecule has 2 nitrogen and oxygen atoms in total. The van der Waals surface area contributed by atoms with Gasteiger partial charge in [-0.3, -0.25) is 0 Å². The Kier molecular flexibility index (Phi) is 4.60. The molecule has 0 bridgehead atoms. The minimum absolute atomic E-state index is 0.189. The van der Waals surface area contributed by atoms with E-state index in [0.29, 0.717) is 17.4 Å². The highest BCUT2D eigenvalue weighted by Crippen LogP contribution is 2.37. The van der Waals surface area contributed by atoms with Gasteiger partial charge in [0.15, 0.2) is 0 Å². The first kappa shape index (κ1) is 13.0. The zero-order chi connectivity index (χ0) is 11.5. The Morgan fingerprint density at radius 3 is 2.60 bits per heavy atom. The first-order valence-corrected chi connectivity index (χ1v) is 6.39. The van der Waals surface area contributed by atoms with Crippen LogP contribution in [0.25, 0.3) is 0 Å². The van der Waals surface area contributed by atoms with Gasteiger partial charge in [0.25, 0.3) is 0 Å². The summed E-state index contributed by atoms with van der Waals surface area (Å²) < 4.78 is 0. The number of hydrogen-bond donors (Lipinski definition) is 2. The van der Waals surface area contributed by atoms with Crippen molar-refractivity contribution in [3.8, 4) is 0 Å². The van der Waals surface area contributed by atoms with Crippen LogP contribution >= 0.6 is 0 Å². The lowest BCUT2D eigenvalue weighted by atomic mass is 9.87. The SMILES string of the molecule is CCC(C)C(O)CNC1CCCC1(C)C. The van der Waals surface area contributed by atoms with Gasteiger partial charge in [-0.25, -0.2) is 0 Å². The third kappa shape index (κ3) is 3.46. The molecular formula is C13H27NO. The van der Waals surface area contributed by atoms with E-state index in [1.165, 1.54) is 19.3 Å². The summed E-state index contributed by atoms with van der Waals surface area (Å²) in [4.78, 5) is 0. The Bertz CT molecular complexity index is 191. The van der Waals surface area contributed by atoms with Crippen molar-refractivity contribution in [2.45, 2.75) is 65.5 Å². The highest BCUT2D eigenvalue weighted by atomic mass is 16.3. The maximum Gasteiger partial charge on any atom is 0.0690 e. The van der Waals surface area contributed by atoms with Crippen LogP contribution in [0.15, 0.2) is 0 Å². The summed E-state index contributed by atoms with van der Waals surface area (Å²) in [6, 6.07) is 0.594. The number of nitrogens with one attached hydrogen (secondary N) is 1. The molecule has 15 heavy (non-hydrogen) atoms. The first-order valence-electron chi connectivity index (χ1n) is 6.39. The van der Waals surface area contributed by atoms with Crippen molar-refractivity contribution >= 4 is 0 Å². The molecular weight excluding hydrogens is 186 g/mol. The van der Waals surface area contributed by atoms with Crippen LogP contribution in [-0.2, 0) is 0 Å². The first-order chi connectivity index (χ1) is 6.97. The van der Waals surface area contributed by atoms with E-state index in [1.54, 1.807) is 0 Å². The van der Waals surface area contributed by atoms with E-state index >= 15 is 0 Å². The zero-order valence-electron chi connectivity index (χ0n) is 10.7. The third-order valence-corrected chi connectivity index (χ3v) is 4.13. The van der Waals surface area contributed by atoms with Gasteiger partial charge in [0.1, 0.15) is 0 Å². The zero-order valence-corrected chi connectivity index (χ0v) is 10.7. The molecule has 0 radical (unpaired) electrons. The second-order valence-corrected chi connectivity index (χ2v) is 5.79. The predicted molar refractivity (Wildman–Crippen MR) is 64.9 cm³/mol. The third-order valence-electron chi connectivity index (χ3n) is 4.13. The maximum absolute atomic E-state index is 9.89. The smallest absolute Gasteiger partial charge is 0.0690 e. The summed E-state index contributed by atoms with van der Waals surface area (Å²) in [6.07, 6.45) is 4.76. The van der Waals surface area contributed by atoms with Crippen molar-refractivity contribution in [3.05, 3.63) is 0 Å². The molecule has 1 saturated carbocycles. The molecule has 3 atom stereocenters. The van der Waals surface area contributed by atoms with E-state index < -0.39 is 0 Å². The average Bonchev–Trinajstić information content (AvgIpc) is 2.53. The molecule has 1 rings (SSSR count). The minimum atomic E-state index is -0.189. The molecule has 1 aliphatic rings. The van der Waals surface area contributed by atoms with Gasteiger partial charge in [-0.15, -0.1) is 0 Å². The van der Waals surface area contributed by atoms with Crippen LogP contribution in [0.5, 0.6) is 0 Å². The van der Waals surface area contributed by atoms with Crippen molar-refractivity contribution in [1.82, 2.24) is 5.32 Å². The van der Waals surface area contributed by atoms with Crippen LogP contribution in [0.1, 0.15) is 53.4 Å². The summed E-state index contributed by atoms with van der Waals surface area (Å²) in [5, 5.41) is 13.4. The van der Waals surface area contributed by atoms with Crippen LogP contribution in [0.2, 0.25) is 0 Å². The summed E-state index contributed by atoms with van der Waals surface area (Å²) in [7, 11) is 0. The van der Waals surface area contributed by atoms with Gasteiger partial charge in [-0.05, 0) is 24.2 Å². The van der Waals surface area contributed by atoms with Crippen LogP contribution in [0.3, 0.4) is 0 Å². The Morgan fingerprint density at radius 1 is 1.47 bits per heavy atom. The lowest BCUT2D eigenvalue weighted by molar-refractivity contribution is 0.103. The molecule has 2 heteroatoms. The quantitative estimate of drug-likeness (QED) is 0.735. The summed E-state index contributed by atoms with van der Waals surface area (Å²) >= 11 is 0. The van der Waals surface area contributed by atoms with Crippen molar-refractivity contribution in [3.63, 3.8) is 0 Å². The van der Waals surface area contributed by atoms with Crippen molar-refractivity contribution < 1.29 is 5.11 Å². The Labute approximate surface area is 94.5 Å². The Morgan fingerprint density at radius 2 is 2.13 bits per heavy atom. The summed E-state index contributed by atoms with van der Waals surface area (Å²) in [5.41, 5.74) is 0.412. The predicted octanol–water partition coefficient (Wildman–Crippen LogP) is 2.56. The highest BCUT2D eigenvalue weighted by Gasteiger charge is 2.34. The Balaban J connectivity index is 2.31. The fraction of sp³-hybridized carbons (Fsp3) is 1.00. The second-order valence-electron chi connectivity index (χ2n) is 5.79. The van der Waals surface area contributed by atoms with Gasteiger partial charge in [0, 0.05) is 12.6 Å². The molecule has 1 aliphatic carbocycles. The van der Waals surface area contributed by atoms with E-state index in [0.717, 1.165) is 13.0 Å². The van der Waals surface area contributed by atoms with Gasteiger partial charge in [-0.2, -0.15) is 0 Å². The number of rotatable bonds is 5. The summed E-state index contributed by atoms with van der Waals surface area (Å²) in [6.45, 7) is 9.66. The lowest BCUT2D eigenvalue weighted by Gasteiger charge is -2.29. The molecule has 0 aromatic heterocycles. The Hall–Kier alpha value is -0.0800. The van der Waals surface area contributed by atoms with E-state index in [1.807, 2.05) is 0 Å². The van der Waals surface area contributed by atoms with E-state index in [-0.39, 0.29) is 6.10 Å². The number of aliphatic hydroxyl groups excluding tert-OH is 1. The molecule has 2 N–H and O–H groups in total. The number of aliphatic hydroxyl groups is 1. The fourth-order valence-electron chi connectivity index (χ4n) is 2.44. The fourth-order valence-corrected chi connectivity index (χ4v) is 2.44. The monoisotopic (exact) mass is 213 g/mol. The molecule has 0 saturated heterocycles. The van der Waals surface area contributed by atoms with Crippen LogP contribution in [0.4, 0.5) is 0 Å². The van der Waals surface area contributed by atoms with E-state index in [4.69, 9.17) is 0 Å². The van der Waals surface area contributed by atoms with Gasteiger partial charge < -0.3 is 10.4 Å². The number of hydrogen-bond acceptors (Lipinski definition) is 2. The molecule has 0 heterocycles. The van der Waals surface area contributed by atoms with E-state index in [2.05, 4.69) is 33.0 Å². The highest BCUT2D eigenvalue weighted by molar-refractivity contribution is 4.90. The van der Waals surface area contributed by atoms with Crippen LogP contribution in [0, 0.1) is 11.3 Å². The standard InChI is InChI=1S/C13H27NO/c1-5-10(2)11(15)9-14-12-7-6-8-13(12,3)4/h10-12,14-15H,5-9H2,1-4H3. The van der Waals surface area contributed by atoms with Gasteiger partial charge in [0.05, 0.1) is 6.10 Å². The molecule has 0 spiro atoms. The largest absolute Gasteiger partial charge is 0.392 e. The average molecular weight is 213 g/mol. The molecule has 90 valence electrons. The molecule has 0 aromatic carbocycles. The molecule has 0 aromatic rings. The van der Waals surface area contributed by atoms with E-state index in [9.17, 15) is 5.11 Å². The normalized spacial score (nSPS) is 29.0. The molecule has 0 amide bonds. The van der Waals surface area contributed by atoms with Crippen LogP contribution in [-0.4, -0.2) is 23.8 Å². The molecule has 3 unspecified atom stereocenters. The molecule has 1 fully saturated rings. The summed E-state index contributed by atoms with van der Waals surface area (Å²) in [5.74, 6) is 0.405. The lowest BCUT2D eigenvalue weighted by Crippen LogP contribution is -2.43. The minimum Gasteiger partial charge on any atom is -0.392 e. The molecule has 0 aliphatic heterocycles. The second kappa shape index (κ2) is 5.31. The maximum atomic E-state index is 9.89. The van der Waals surface area contributed by atoms with Gasteiger partial charge in [0.2, 0.25) is 0 Å². The van der Waals surface area contributed by atoms with Crippen molar-refractivity contribution in [1.29, 1.82) is 0 Å². The topological polar surface area (TPSA) is 32.3 Å². The van der Waals surface area contributed by atoms with Gasteiger partial charge in [-0.1, -0.05) is 40.5 Å². The van der Waals surface area contributed by atoms with Gasteiger partial charge >= 0.3 is 0 Å². The van der Waals surface area contributed by atoms with Crippen molar-refractivity contribution in [2.24, 2.45) is 11.3 Å². The van der Waals surface area contributed by atoms with Crippen LogP contribution < -0.4 is 5.32 Å².